The van der Waals surface area contributed by atoms with Gasteiger partial charge in [-0.1, -0.05) is 0 Å². The van der Waals surface area contributed by atoms with Crippen molar-refractivity contribution in [2.45, 2.75) is 45.3 Å². The van der Waals surface area contributed by atoms with E-state index in [1.54, 1.807) is 20.8 Å². The Balaban J connectivity index is 2.06. The number of benzene rings is 1. The molecular weight excluding hydrogens is 300 g/mol. The van der Waals surface area contributed by atoms with Crippen molar-refractivity contribution in [1.29, 1.82) is 0 Å². The average molecular weight is 320 g/mol. The Morgan fingerprint density at radius 3 is 2.26 bits per heavy atom. The van der Waals surface area contributed by atoms with Crippen LogP contribution in [0.3, 0.4) is 0 Å². The van der Waals surface area contributed by atoms with E-state index < -0.39 is 16.6 Å². The second-order valence-corrected chi connectivity index (χ2v) is 6.57. The standard InChI is InChI=1S/C16H20N2O5/c1-16(2,3)23-15(20)17(12-8-9-12)10-14(19)11-4-6-13(7-5-11)18(21)22/h4-7,12H,8-10H2,1-3H3. The van der Waals surface area contributed by atoms with Crippen LogP contribution in [0.25, 0.3) is 0 Å². The normalized spacial score (nSPS) is 14.2. The monoisotopic (exact) mass is 320 g/mol. The van der Waals surface area contributed by atoms with E-state index in [0.29, 0.717) is 5.56 Å². The quantitative estimate of drug-likeness (QED) is 0.472. The van der Waals surface area contributed by atoms with Crippen LogP contribution in [0.1, 0.15) is 44.0 Å². The van der Waals surface area contributed by atoms with Crippen molar-refractivity contribution in [3.63, 3.8) is 0 Å². The zero-order valence-corrected chi connectivity index (χ0v) is 13.4. The van der Waals surface area contributed by atoms with E-state index in [1.807, 2.05) is 0 Å². The van der Waals surface area contributed by atoms with E-state index in [9.17, 15) is 19.7 Å². The molecule has 1 fully saturated rings. The maximum atomic E-state index is 12.3. The van der Waals surface area contributed by atoms with Crippen LogP contribution in [0.5, 0.6) is 0 Å². The second kappa shape index (κ2) is 6.36. The van der Waals surface area contributed by atoms with Gasteiger partial charge in [-0.25, -0.2) is 4.79 Å². The number of nitrogens with zero attached hydrogens (tertiary/aromatic N) is 2. The first kappa shape index (κ1) is 16.9. The van der Waals surface area contributed by atoms with Crippen LogP contribution in [0.15, 0.2) is 24.3 Å². The summed E-state index contributed by atoms with van der Waals surface area (Å²) in [6.45, 7) is 5.23. The van der Waals surface area contributed by atoms with E-state index in [4.69, 9.17) is 4.74 Å². The van der Waals surface area contributed by atoms with Crippen molar-refractivity contribution in [1.82, 2.24) is 4.90 Å². The Hall–Kier alpha value is -2.44. The van der Waals surface area contributed by atoms with Crippen molar-refractivity contribution < 1.29 is 19.2 Å². The lowest BCUT2D eigenvalue weighted by molar-refractivity contribution is -0.384. The Labute approximate surface area is 134 Å². The summed E-state index contributed by atoms with van der Waals surface area (Å²) in [6, 6.07) is 5.40. The van der Waals surface area contributed by atoms with Gasteiger partial charge in [0.2, 0.25) is 0 Å². The highest BCUT2D eigenvalue weighted by molar-refractivity contribution is 5.99. The number of hydrogen-bond acceptors (Lipinski definition) is 5. The number of Topliss-reactive ketones (excluding diaryl/α,β-unsaturated/α-hetero) is 1. The average Bonchev–Trinajstić information content (AvgIpc) is 3.27. The van der Waals surface area contributed by atoms with Gasteiger partial charge in [0.05, 0.1) is 11.5 Å². The van der Waals surface area contributed by atoms with Gasteiger partial charge in [0.15, 0.2) is 5.78 Å². The van der Waals surface area contributed by atoms with Crippen LogP contribution in [-0.2, 0) is 4.74 Å². The van der Waals surface area contributed by atoms with Gasteiger partial charge in [-0.3, -0.25) is 19.8 Å². The minimum Gasteiger partial charge on any atom is -0.444 e. The molecule has 0 spiro atoms. The fraction of sp³-hybridized carbons (Fsp3) is 0.500. The summed E-state index contributed by atoms with van der Waals surface area (Å²) in [5.41, 5.74) is -0.363. The minimum atomic E-state index is -0.624. The van der Waals surface area contributed by atoms with Crippen molar-refractivity contribution in [3.05, 3.63) is 39.9 Å². The summed E-state index contributed by atoms with van der Waals surface area (Å²) in [6.07, 6.45) is 1.20. The molecule has 1 aliphatic carbocycles. The summed E-state index contributed by atoms with van der Waals surface area (Å²) in [7, 11) is 0. The van der Waals surface area contributed by atoms with E-state index in [0.717, 1.165) is 12.8 Å². The molecule has 1 amide bonds. The van der Waals surface area contributed by atoms with Gasteiger partial charge in [-0.15, -0.1) is 0 Å². The lowest BCUT2D eigenvalue weighted by Crippen LogP contribution is -2.41. The number of carbonyl (C=O) groups is 2. The Kier molecular flexibility index (Phi) is 4.68. The van der Waals surface area contributed by atoms with E-state index >= 15 is 0 Å². The maximum Gasteiger partial charge on any atom is 0.410 e. The number of nitro benzene ring substituents is 1. The van der Waals surface area contributed by atoms with Crippen molar-refractivity contribution in [2.75, 3.05) is 6.54 Å². The summed E-state index contributed by atoms with van der Waals surface area (Å²) in [5.74, 6) is -0.266. The molecule has 1 saturated carbocycles. The van der Waals surface area contributed by atoms with Gasteiger partial charge < -0.3 is 4.74 Å². The van der Waals surface area contributed by atoms with Crippen LogP contribution in [0, 0.1) is 10.1 Å². The predicted octanol–water partition coefficient (Wildman–Crippen LogP) is 3.18. The second-order valence-electron chi connectivity index (χ2n) is 6.57. The van der Waals surface area contributed by atoms with Crippen molar-refractivity contribution >= 4 is 17.6 Å². The minimum absolute atomic E-state index is 0.0341. The highest BCUT2D eigenvalue weighted by atomic mass is 16.6. The number of hydrogen-bond donors (Lipinski definition) is 0. The fourth-order valence-corrected chi connectivity index (χ4v) is 2.06. The van der Waals surface area contributed by atoms with E-state index in [2.05, 4.69) is 0 Å². The van der Waals surface area contributed by atoms with Crippen LogP contribution in [0.2, 0.25) is 0 Å². The van der Waals surface area contributed by atoms with Crippen LogP contribution in [-0.4, -0.2) is 39.9 Å². The van der Waals surface area contributed by atoms with Gasteiger partial charge in [0, 0.05) is 23.7 Å². The summed E-state index contributed by atoms with van der Waals surface area (Å²) in [4.78, 5) is 36.1. The molecule has 2 rings (SSSR count). The number of rotatable bonds is 5. The molecule has 0 radical (unpaired) electrons. The topological polar surface area (TPSA) is 89.8 Å². The number of carbonyl (C=O) groups excluding carboxylic acids is 2. The fourth-order valence-electron chi connectivity index (χ4n) is 2.06. The first-order valence-corrected chi connectivity index (χ1v) is 7.44. The molecule has 1 aromatic rings. The van der Waals surface area contributed by atoms with Crippen LogP contribution >= 0.6 is 0 Å². The lowest BCUT2D eigenvalue weighted by atomic mass is 10.1. The van der Waals surface area contributed by atoms with Gasteiger partial charge in [-0.2, -0.15) is 0 Å². The first-order valence-electron chi connectivity index (χ1n) is 7.44. The first-order chi connectivity index (χ1) is 10.7. The highest BCUT2D eigenvalue weighted by Gasteiger charge is 2.36. The van der Waals surface area contributed by atoms with E-state index in [-0.39, 0.29) is 24.1 Å². The van der Waals surface area contributed by atoms with Crippen LogP contribution in [0.4, 0.5) is 10.5 Å². The molecule has 124 valence electrons. The number of ether oxygens (including phenoxy) is 1. The molecule has 0 bridgehead atoms. The maximum absolute atomic E-state index is 12.3. The third-order valence-corrected chi connectivity index (χ3v) is 3.33. The molecule has 0 aromatic heterocycles. The largest absolute Gasteiger partial charge is 0.444 e. The van der Waals surface area contributed by atoms with Crippen molar-refractivity contribution in [2.24, 2.45) is 0 Å². The highest BCUT2D eigenvalue weighted by Crippen LogP contribution is 2.28. The Morgan fingerprint density at radius 1 is 1.26 bits per heavy atom. The predicted molar refractivity (Wildman–Crippen MR) is 83.4 cm³/mol. The van der Waals surface area contributed by atoms with Gasteiger partial charge in [-0.05, 0) is 45.7 Å². The number of ketones is 1. The lowest BCUT2D eigenvalue weighted by Gasteiger charge is -2.27. The molecule has 0 unspecified atom stereocenters. The zero-order valence-electron chi connectivity index (χ0n) is 13.4. The molecule has 1 aliphatic rings. The Bertz CT molecular complexity index is 614. The molecule has 7 heteroatoms. The van der Waals surface area contributed by atoms with Gasteiger partial charge in [0.1, 0.15) is 5.60 Å². The molecule has 0 atom stereocenters. The zero-order chi connectivity index (χ0) is 17.2. The molecule has 23 heavy (non-hydrogen) atoms. The van der Waals surface area contributed by atoms with Crippen molar-refractivity contribution in [3.8, 4) is 0 Å². The summed E-state index contributed by atoms with van der Waals surface area (Å²) >= 11 is 0. The molecule has 7 nitrogen and oxygen atoms in total. The number of non-ortho nitro benzene ring substituents is 1. The Morgan fingerprint density at radius 2 is 1.83 bits per heavy atom. The van der Waals surface area contributed by atoms with Gasteiger partial charge >= 0.3 is 6.09 Å². The molecule has 0 heterocycles. The SMILES string of the molecule is CC(C)(C)OC(=O)N(CC(=O)c1ccc([N+](=O)[O-])cc1)C1CC1. The van der Waals surface area contributed by atoms with Crippen LogP contribution < -0.4 is 0 Å². The summed E-state index contributed by atoms with van der Waals surface area (Å²) in [5, 5.41) is 10.6. The molecule has 0 saturated heterocycles. The number of nitro groups is 1. The third-order valence-electron chi connectivity index (χ3n) is 3.33. The third kappa shape index (κ3) is 4.77. The smallest absolute Gasteiger partial charge is 0.410 e. The molecule has 1 aromatic carbocycles. The molecular formula is C16H20N2O5. The van der Waals surface area contributed by atoms with Gasteiger partial charge in [0.25, 0.3) is 5.69 Å². The van der Waals surface area contributed by atoms with E-state index in [1.165, 1.54) is 29.2 Å². The molecule has 0 N–H and O–H groups in total. The number of amides is 1. The summed E-state index contributed by atoms with van der Waals surface area (Å²) < 4.78 is 5.33. The molecule has 0 aliphatic heterocycles.